The van der Waals surface area contributed by atoms with Gasteiger partial charge >= 0.3 is 5.97 Å². The quantitative estimate of drug-likeness (QED) is 0.619. The fourth-order valence-electron chi connectivity index (χ4n) is 3.37. The Balaban J connectivity index is 1.62. The van der Waals surface area contributed by atoms with E-state index < -0.39 is 34.4 Å². The lowest BCUT2D eigenvalue weighted by atomic mass is 10.1. The van der Waals surface area contributed by atoms with Crippen molar-refractivity contribution in [1.29, 1.82) is 0 Å². The van der Waals surface area contributed by atoms with Crippen LogP contribution in [0.3, 0.4) is 0 Å². The van der Waals surface area contributed by atoms with Crippen molar-refractivity contribution < 1.29 is 31.6 Å². The van der Waals surface area contributed by atoms with Gasteiger partial charge in [0.05, 0.1) is 11.5 Å². The van der Waals surface area contributed by atoms with E-state index >= 15 is 0 Å². The third-order valence-electron chi connectivity index (χ3n) is 4.79. The van der Waals surface area contributed by atoms with E-state index in [9.17, 15) is 22.4 Å². The summed E-state index contributed by atoms with van der Waals surface area (Å²) in [5, 5.41) is 0. The molecule has 0 N–H and O–H groups in total. The van der Waals surface area contributed by atoms with Crippen molar-refractivity contribution in [2.45, 2.75) is 26.3 Å². The molecule has 1 unspecified atom stereocenters. The highest BCUT2D eigenvalue weighted by atomic mass is 32.2. The summed E-state index contributed by atoms with van der Waals surface area (Å²) in [6, 6.07) is 8.17. The number of benzene rings is 1. The Labute approximate surface area is 174 Å². The Bertz CT molecular complexity index is 1010. The average Bonchev–Trinajstić information content (AvgIpc) is 3.31. The Kier molecular flexibility index (Phi) is 6.60. The molecule has 1 aliphatic heterocycles. The number of hydrogen-bond donors (Lipinski definition) is 0. The third-order valence-corrected chi connectivity index (χ3v) is 6.54. The summed E-state index contributed by atoms with van der Waals surface area (Å²) in [5.74, 6) is -1.23. The van der Waals surface area contributed by atoms with Gasteiger partial charge in [0, 0.05) is 18.2 Å². The molecule has 2 heterocycles. The van der Waals surface area contributed by atoms with Gasteiger partial charge in [-0.15, -0.1) is 0 Å². The molecule has 3 rings (SSSR count). The lowest BCUT2D eigenvalue weighted by Crippen LogP contribution is -2.45. The number of sulfone groups is 1. The minimum atomic E-state index is -3.15. The number of ether oxygens (including phenoxy) is 1. The highest BCUT2D eigenvalue weighted by molar-refractivity contribution is 7.91. The Hall–Kier alpha value is -2.68. The second-order valence-electron chi connectivity index (χ2n) is 7.74. The smallest absolute Gasteiger partial charge is 0.374 e. The fourth-order valence-corrected chi connectivity index (χ4v) is 5.10. The zero-order valence-corrected chi connectivity index (χ0v) is 17.7. The standard InChI is InChI=1S/C21H24FNO6S/c1-14(2)11-23(17-9-10-30(26,27)13-17)20(24)12-28-21(25)19-8-7-18(29-19)15-3-5-16(22)6-4-15/h3-8,14,17H,9-13H2,1-2H3. The molecule has 1 aliphatic rings. The maximum absolute atomic E-state index is 13.0. The van der Waals surface area contributed by atoms with Gasteiger partial charge in [-0.3, -0.25) is 4.79 Å². The number of hydrogen-bond acceptors (Lipinski definition) is 6. The molecule has 1 amide bonds. The van der Waals surface area contributed by atoms with Gasteiger partial charge in [-0.05, 0) is 48.7 Å². The van der Waals surface area contributed by atoms with Gasteiger partial charge < -0.3 is 14.1 Å². The molecule has 1 saturated heterocycles. The highest BCUT2D eigenvalue weighted by Gasteiger charge is 2.35. The number of furan rings is 1. The van der Waals surface area contributed by atoms with Crippen molar-refractivity contribution >= 4 is 21.7 Å². The van der Waals surface area contributed by atoms with Crippen LogP contribution < -0.4 is 0 Å². The van der Waals surface area contributed by atoms with Crippen LogP contribution >= 0.6 is 0 Å². The first-order chi connectivity index (χ1) is 14.1. The van der Waals surface area contributed by atoms with E-state index in [1.54, 1.807) is 6.07 Å². The van der Waals surface area contributed by atoms with E-state index in [1.165, 1.54) is 35.2 Å². The first-order valence-corrected chi connectivity index (χ1v) is 11.5. The monoisotopic (exact) mass is 437 g/mol. The molecule has 1 aromatic carbocycles. The predicted octanol–water partition coefficient (Wildman–Crippen LogP) is 2.91. The summed E-state index contributed by atoms with van der Waals surface area (Å²) in [6.07, 6.45) is 0.383. The third kappa shape index (κ3) is 5.47. The summed E-state index contributed by atoms with van der Waals surface area (Å²) in [6.45, 7) is 3.73. The number of nitrogens with zero attached hydrogens (tertiary/aromatic N) is 1. The van der Waals surface area contributed by atoms with Crippen LogP contribution in [0.5, 0.6) is 0 Å². The fraction of sp³-hybridized carbons (Fsp3) is 0.429. The van der Waals surface area contributed by atoms with Crippen LogP contribution in [-0.4, -0.2) is 55.9 Å². The maximum atomic E-state index is 13.0. The second-order valence-corrected chi connectivity index (χ2v) is 9.97. The molecule has 9 heteroatoms. The van der Waals surface area contributed by atoms with Gasteiger partial charge in [-0.25, -0.2) is 17.6 Å². The van der Waals surface area contributed by atoms with E-state index in [0.29, 0.717) is 24.3 Å². The predicted molar refractivity (Wildman–Crippen MR) is 108 cm³/mol. The van der Waals surface area contributed by atoms with Crippen LogP contribution in [0.15, 0.2) is 40.8 Å². The van der Waals surface area contributed by atoms with Gasteiger partial charge in [-0.2, -0.15) is 0 Å². The van der Waals surface area contributed by atoms with Crippen molar-refractivity contribution in [3.8, 4) is 11.3 Å². The van der Waals surface area contributed by atoms with Gasteiger partial charge in [-0.1, -0.05) is 13.8 Å². The average molecular weight is 437 g/mol. The minimum Gasteiger partial charge on any atom is -0.450 e. The molecule has 1 aromatic heterocycles. The van der Waals surface area contributed by atoms with Gasteiger partial charge in [0.15, 0.2) is 16.4 Å². The van der Waals surface area contributed by atoms with Crippen molar-refractivity contribution in [3.05, 3.63) is 48.0 Å². The highest BCUT2D eigenvalue weighted by Crippen LogP contribution is 2.23. The second kappa shape index (κ2) is 8.99. The van der Waals surface area contributed by atoms with E-state index in [2.05, 4.69) is 0 Å². The first-order valence-electron chi connectivity index (χ1n) is 9.67. The van der Waals surface area contributed by atoms with Crippen molar-refractivity contribution in [3.63, 3.8) is 0 Å². The van der Waals surface area contributed by atoms with E-state index in [0.717, 1.165) is 0 Å². The molecule has 0 saturated carbocycles. The number of carbonyl (C=O) groups is 2. The number of halogens is 1. The zero-order valence-electron chi connectivity index (χ0n) is 16.8. The topological polar surface area (TPSA) is 93.9 Å². The van der Waals surface area contributed by atoms with Crippen molar-refractivity contribution in [2.24, 2.45) is 5.92 Å². The van der Waals surface area contributed by atoms with E-state index in [1.807, 2.05) is 13.8 Å². The van der Waals surface area contributed by atoms with Gasteiger partial charge in [0.25, 0.3) is 5.91 Å². The molecule has 0 aliphatic carbocycles. The molecule has 1 fully saturated rings. The van der Waals surface area contributed by atoms with Crippen molar-refractivity contribution in [2.75, 3.05) is 24.7 Å². The lowest BCUT2D eigenvalue weighted by molar-refractivity contribution is -0.137. The Morgan fingerprint density at radius 1 is 1.20 bits per heavy atom. The van der Waals surface area contributed by atoms with E-state index in [4.69, 9.17) is 9.15 Å². The number of esters is 1. The number of rotatable bonds is 7. The minimum absolute atomic E-state index is 0.0535. The largest absolute Gasteiger partial charge is 0.450 e. The van der Waals surface area contributed by atoms with Gasteiger partial charge in [0.2, 0.25) is 5.76 Å². The first kappa shape index (κ1) is 22.0. The molecule has 2 aromatic rings. The molecule has 0 radical (unpaired) electrons. The lowest BCUT2D eigenvalue weighted by Gasteiger charge is -2.29. The van der Waals surface area contributed by atoms with Crippen LogP contribution in [0.1, 0.15) is 30.8 Å². The molecule has 7 nitrogen and oxygen atoms in total. The molecular weight excluding hydrogens is 413 g/mol. The number of amides is 1. The van der Waals surface area contributed by atoms with E-state index in [-0.39, 0.29) is 29.0 Å². The molecule has 1 atom stereocenters. The molecule has 162 valence electrons. The summed E-state index contributed by atoms with van der Waals surface area (Å²) < 4.78 is 47.2. The molecule has 0 spiro atoms. The Morgan fingerprint density at radius 2 is 1.90 bits per heavy atom. The van der Waals surface area contributed by atoms with Crippen LogP contribution in [0.25, 0.3) is 11.3 Å². The van der Waals surface area contributed by atoms with Crippen LogP contribution in [0.4, 0.5) is 4.39 Å². The molecule has 0 bridgehead atoms. The molecular formula is C21H24FNO6S. The van der Waals surface area contributed by atoms with Crippen LogP contribution in [-0.2, 0) is 19.4 Å². The summed E-state index contributed by atoms with van der Waals surface area (Å²) >= 11 is 0. The Morgan fingerprint density at radius 3 is 2.50 bits per heavy atom. The van der Waals surface area contributed by atoms with Crippen LogP contribution in [0.2, 0.25) is 0 Å². The van der Waals surface area contributed by atoms with Crippen molar-refractivity contribution in [1.82, 2.24) is 4.90 Å². The normalized spacial score (nSPS) is 17.8. The SMILES string of the molecule is CC(C)CN(C(=O)COC(=O)c1ccc(-c2ccc(F)cc2)o1)C1CCS(=O)(=O)C1. The summed E-state index contributed by atoms with van der Waals surface area (Å²) in [5.41, 5.74) is 0.595. The summed E-state index contributed by atoms with van der Waals surface area (Å²) in [7, 11) is -3.15. The zero-order chi connectivity index (χ0) is 21.9. The maximum Gasteiger partial charge on any atom is 0.374 e. The number of carbonyl (C=O) groups excluding carboxylic acids is 2. The summed E-state index contributed by atoms with van der Waals surface area (Å²) in [4.78, 5) is 26.4. The van der Waals surface area contributed by atoms with Crippen LogP contribution in [0, 0.1) is 11.7 Å². The van der Waals surface area contributed by atoms with Gasteiger partial charge in [0.1, 0.15) is 11.6 Å². The molecule has 30 heavy (non-hydrogen) atoms.